The Morgan fingerprint density at radius 2 is 1.91 bits per heavy atom. The van der Waals surface area contributed by atoms with E-state index in [1.165, 1.54) is 0 Å². The Bertz CT molecular complexity index is 549. The van der Waals surface area contributed by atoms with E-state index in [4.69, 9.17) is 21.1 Å². The number of hydrogen-bond acceptors (Lipinski definition) is 4. The molecule has 6 nitrogen and oxygen atoms in total. The van der Waals surface area contributed by atoms with Gasteiger partial charge in [0, 0.05) is 5.69 Å². The van der Waals surface area contributed by atoms with Gasteiger partial charge in [-0.05, 0) is 38.0 Å². The molecule has 0 aliphatic rings. The van der Waals surface area contributed by atoms with Gasteiger partial charge in [-0.2, -0.15) is 0 Å². The van der Waals surface area contributed by atoms with Gasteiger partial charge in [-0.25, -0.2) is 4.79 Å². The number of halogens is 1. The molecule has 1 unspecified atom stereocenters. The van der Waals surface area contributed by atoms with Crippen LogP contribution in [0.2, 0.25) is 5.02 Å². The van der Waals surface area contributed by atoms with Gasteiger partial charge in [0.1, 0.15) is 11.8 Å². The minimum Gasteiger partial charge on any atom is -0.492 e. The molecule has 23 heavy (non-hydrogen) atoms. The largest absolute Gasteiger partial charge is 0.492 e. The van der Waals surface area contributed by atoms with Crippen LogP contribution in [0.1, 0.15) is 27.7 Å². The number of nitrogens with one attached hydrogen (secondary N) is 2. The first kappa shape index (κ1) is 19.1. The maximum absolute atomic E-state index is 12.4. The molecule has 0 saturated heterocycles. The molecular weight excluding hydrogens is 320 g/mol. The number of benzene rings is 1. The monoisotopic (exact) mass is 342 g/mol. The van der Waals surface area contributed by atoms with Crippen LogP contribution >= 0.6 is 11.6 Å². The highest BCUT2D eigenvalue weighted by Gasteiger charge is 2.25. The summed E-state index contributed by atoms with van der Waals surface area (Å²) in [5, 5.41) is 5.69. The van der Waals surface area contributed by atoms with Gasteiger partial charge in [0.05, 0.1) is 18.2 Å². The van der Waals surface area contributed by atoms with Crippen molar-refractivity contribution in [3.63, 3.8) is 0 Å². The predicted octanol–water partition coefficient (Wildman–Crippen LogP) is 3.45. The van der Waals surface area contributed by atoms with E-state index in [9.17, 15) is 9.59 Å². The fraction of sp³-hybridized carbons (Fsp3) is 0.500. The quantitative estimate of drug-likeness (QED) is 0.795. The minimum atomic E-state index is -0.709. The summed E-state index contributed by atoms with van der Waals surface area (Å²) in [5.41, 5.74) is 0.528. The number of rotatable bonds is 7. The average Bonchev–Trinajstić information content (AvgIpc) is 2.47. The number of hydrogen-bond donors (Lipinski definition) is 2. The molecule has 0 aromatic heterocycles. The van der Waals surface area contributed by atoms with Crippen LogP contribution in [0.3, 0.4) is 0 Å². The van der Waals surface area contributed by atoms with Crippen LogP contribution in [-0.2, 0) is 9.53 Å². The molecule has 0 saturated carbocycles. The summed E-state index contributed by atoms with van der Waals surface area (Å²) in [4.78, 5) is 23.9. The molecule has 0 aliphatic heterocycles. The molecule has 7 heteroatoms. The lowest BCUT2D eigenvalue weighted by molar-refractivity contribution is -0.119. The van der Waals surface area contributed by atoms with Gasteiger partial charge < -0.3 is 20.1 Å². The molecule has 1 aromatic carbocycles. The highest BCUT2D eigenvalue weighted by atomic mass is 35.5. The second kappa shape index (κ2) is 9.25. The van der Waals surface area contributed by atoms with Crippen molar-refractivity contribution in [3.05, 3.63) is 23.2 Å². The van der Waals surface area contributed by atoms with Crippen molar-refractivity contribution in [1.82, 2.24) is 5.32 Å². The van der Waals surface area contributed by atoms with Crippen molar-refractivity contribution < 1.29 is 19.1 Å². The van der Waals surface area contributed by atoms with Gasteiger partial charge in [0.2, 0.25) is 5.91 Å². The Labute approximate surface area is 141 Å². The number of carbonyl (C=O) groups excluding carboxylic acids is 2. The van der Waals surface area contributed by atoms with E-state index in [1.807, 2.05) is 20.8 Å². The molecule has 0 bridgehead atoms. The zero-order chi connectivity index (χ0) is 17.4. The molecule has 0 spiro atoms. The molecule has 128 valence electrons. The summed E-state index contributed by atoms with van der Waals surface area (Å²) in [6.45, 7) is 7.98. The molecule has 1 atom stereocenters. The van der Waals surface area contributed by atoms with Crippen LogP contribution in [0.15, 0.2) is 18.2 Å². The molecule has 1 rings (SSSR count). The first-order chi connectivity index (χ1) is 10.9. The number of amides is 2. The zero-order valence-electron chi connectivity index (χ0n) is 13.8. The average molecular weight is 343 g/mol. The molecule has 0 radical (unpaired) electrons. The minimum absolute atomic E-state index is 0.0995. The second-order valence-electron chi connectivity index (χ2n) is 5.15. The third kappa shape index (κ3) is 5.98. The Balaban J connectivity index is 2.78. The van der Waals surface area contributed by atoms with Crippen LogP contribution in [0.25, 0.3) is 0 Å². The second-order valence-corrected chi connectivity index (χ2v) is 5.56. The maximum atomic E-state index is 12.4. The van der Waals surface area contributed by atoms with Gasteiger partial charge in [0.15, 0.2) is 0 Å². The SMILES string of the molecule is CCOC(=O)NC(C(=O)Nc1ccc(OCC)c(Cl)c1)C(C)C. The predicted molar refractivity (Wildman–Crippen MR) is 90.0 cm³/mol. The van der Waals surface area contributed by atoms with Crippen LogP contribution in [0.4, 0.5) is 10.5 Å². The molecule has 2 amide bonds. The summed E-state index contributed by atoms with van der Waals surface area (Å²) in [5.74, 6) is 0.114. The standard InChI is InChI=1S/C16H23ClN2O4/c1-5-22-13-8-7-11(9-12(13)17)18-15(20)14(10(3)4)19-16(21)23-6-2/h7-10,14H,5-6H2,1-4H3,(H,18,20)(H,19,21). The van der Waals surface area contributed by atoms with Gasteiger partial charge in [0.25, 0.3) is 0 Å². The number of anilines is 1. The summed E-state index contributed by atoms with van der Waals surface area (Å²) in [7, 11) is 0. The molecular formula is C16H23ClN2O4. The van der Waals surface area contributed by atoms with E-state index in [0.29, 0.717) is 23.1 Å². The molecule has 1 aromatic rings. The van der Waals surface area contributed by atoms with Crippen LogP contribution in [0, 0.1) is 5.92 Å². The van der Waals surface area contributed by atoms with E-state index < -0.39 is 12.1 Å². The van der Waals surface area contributed by atoms with E-state index in [1.54, 1.807) is 25.1 Å². The zero-order valence-corrected chi connectivity index (χ0v) is 14.6. The van der Waals surface area contributed by atoms with Crippen molar-refractivity contribution in [2.24, 2.45) is 5.92 Å². The van der Waals surface area contributed by atoms with E-state index in [2.05, 4.69) is 10.6 Å². The first-order valence-corrected chi connectivity index (χ1v) is 7.93. The Kier molecular flexibility index (Phi) is 7.68. The summed E-state index contributed by atoms with van der Waals surface area (Å²) >= 11 is 6.09. The topological polar surface area (TPSA) is 76.7 Å². The third-order valence-electron chi connectivity index (χ3n) is 3.00. The number of carbonyl (C=O) groups is 2. The number of ether oxygens (including phenoxy) is 2. The Morgan fingerprint density at radius 1 is 1.22 bits per heavy atom. The normalized spacial score (nSPS) is 11.7. The van der Waals surface area contributed by atoms with Crippen molar-refractivity contribution in [1.29, 1.82) is 0 Å². The fourth-order valence-electron chi connectivity index (χ4n) is 1.91. The number of alkyl carbamates (subject to hydrolysis) is 1. The van der Waals surface area contributed by atoms with Crippen molar-refractivity contribution >= 4 is 29.3 Å². The van der Waals surface area contributed by atoms with Gasteiger partial charge >= 0.3 is 6.09 Å². The van der Waals surface area contributed by atoms with E-state index in [-0.39, 0.29) is 18.4 Å². The molecule has 0 aliphatic carbocycles. The Morgan fingerprint density at radius 3 is 2.43 bits per heavy atom. The lowest BCUT2D eigenvalue weighted by atomic mass is 10.0. The molecule has 0 fully saturated rings. The van der Waals surface area contributed by atoms with Crippen molar-refractivity contribution in [2.75, 3.05) is 18.5 Å². The highest BCUT2D eigenvalue weighted by molar-refractivity contribution is 6.32. The van der Waals surface area contributed by atoms with Crippen molar-refractivity contribution in [3.8, 4) is 5.75 Å². The van der Waals surface area contributed by atoms with Crippen LogP contribution in [0.5, 0.6) is 5.75 Å². The van der Waals surface area contributed by atoms with Crippen LogP contribution < -0.4 is 15.4 Å². The van der Waals surface area contributed by atoms with Gasteiger partial charge in [-0.1, -0.05) is 25.4 Å². The lowest BCUT2D eigenvalue weighted by Crippen LogP contribution is -2.47. The smallest absolute Gasteiger partial charge is 0.407 e. The summed E-state index contributed by atoms with van der Waals surface area (Å²) < 4.78 is 10.2. The van der Waals surface area contributed by atoms with Gasteiger partial charge in [-0.15, -0.1) is 0 Å². The van der Waals surface area contributed by atoms with E-state index in [0.717, 1.165) is 0 Å². The Hall–Kier alpha value is -1.95. The molecule has 2 N–H and O–H groups in total. The highest BCUT2D eigenvalue weighted by Crippen LogP contribution is 2.27. The van der Waals surface area contributed by atoms with E-state index >= 15 is 0 Å². The van der Waals surface area contributed by atoms with Gasteiger partial charge in [-0.3, -0.25) is 4.79 Å². The van der Waals surface area contributed by atoms with Crippen molar-refractivity contribution in [2.45, 2.75) is 33.7 Å². The van der Waals surface area contributed by atoms with Crippen LogP contribution in [-0.4, -0.2) is 31.3 Å². The summed E-state index contributed by atoms with van der Waals surface area (Å²) in [6.07, 6.45) is -0.619. The maximum Gasteiger partial charge on any atom is 0.407 e. The fourth-order valence-corrected chi connectivity index (χ4v) is 2.14. The third-order valence-corrected chi connectivity index (χ3v) is 3.29. The first-order valence-electron chi connectivity index (χ1n) is 7.55. The molecule has 0 heterocycles. The summed E-state index contributed by atoms with van der Waals surface area (Å²) in [6, 6.07) is 4.27. The lowest BCUT2D eigenvalue weighted by Gasteiger charge is -2.21.